The number of carbonyl (C=O) groups excluding carboxylic acids is 1. The summed E-state index contributed by atoms with van der Waals surface area (Å²) in [4.78, 5) is 16.6. The molecule has 5 rings (SSSR count). The topological polar surface area (TPSA) is 69.3 Å². The second kappa shape index (κ2) is 7.48. The monoisotopic (exact) mass is 407 g/mol. The van der Waals surface area contributed by atoms with Crippen molar-refractivity contribution in [1.29, 1.82) is 0 Å². The van der Waals surface area contributed by atoms with Gasteiger partial charge < -0.3 is 19.0 Å². The molecule has 1 atom stereocenters. The summed E-state index contributed by atoms with van der Waals surface area (Å²) in [5, 5.41) is 4.23. The molecule has 2 aromatic heterocycles. The zero-order valence-electron chi connectivity index (χ0n) is 16.7. The Morgan fingerprint density at radius 1 is 1.33 bits per heavy atom. The molecule has 0 bridgehead atoms. The van der Waals surface area contributed by atoms with Gasteiger partial charge in [0, 0.05) is 22.6 Å². The lowest BCUT2D eigenvalue weighted by Gasteiger charge is -2.24. The van der Waals surface area contributed by atoms with E-state index in [9.17, 15) is 9.18 Å². The number of halogens is 1. The lowest BCUT2D eigenvalue weighted by molar-refractivity contribution is -0.143. The third-order valence-corrected chi connectivity index (χ3v) is 5.64. The number of benzene rings is 2. The molecule has 0 radical (unpaired) electrons. The number of nitrogens with one attached hydrogen (secondary N) is 1. The lowest BCUT2D eigenvalue weighted by atomic mass is 9.91. The van der Waals surface area contributed by atoms with Crippen LogP contribution in [-0.2, 0) is 28.9 Å². The summed E-state index contributed by atoms with van der Waals surface area (Å²) in [5.41, 5.74) is 4.54. The largest absolute Gasteiger partial charge is 0.465 e. The highest BCUT2D eigenvalue weighted by Crippen LogP contribution is 2.34. The molecule has 0 amide bonds. The van der Waals surface area contributed by atoms with Gasteiger partial charge in [0.15, 0.2) is 5.58 Å². The summed E-state index contributed by atoms with van der Waals surface area (Å²) in [6.45, 7) is 2.26. The Morgan fingerprint density at radius 2 is 2.20 bits per heavy atom. The molecule has 0 saturated carbocycles. The second-order valence-corrected chi connectivity index (χ2v) is 7.55. The lowest BCUT2D eigenvalue weighted by Crippen LogP contribution is -2.28. The number of oxazole rings is 1. The number of hydrogen-bond acceptors (Lipinski definition) is 5. The fraction of sp³-hybridized carbons (Fsp3) is 0.304. The number of para-hydroxylation sites is 2. The van der Waals surface area contributed by atoms with Gasteiger partial charge in [-0.3, -0.25) is 4.79 Å². The van der Waals surface area contributed by atoms with E-state index in [0.717, 1.165) is 46.1 Å². The van der Waals surface area contributed by atoms with Crippen LogP contribution in [0.25, 0.3) is 22.0 Å². The van der Waals surface area contributed by atoms with Crippen LogP contribution in [0.2, 0.25) is 0 Å². The average Bonchev–Trinajstić information content (AvgIpc) is 3.27. The van der Waals surface area contributed by atoms with Crippen molar-refractivity contribution in [2.24, 2.45) is 0 Å². The quantitative estimate of drug-likeness (QED) is 0.495. The van der Waals surface area contributed by atoms with Crippen LogP contribution < -0.4 is 5.32 Å². The van der Waals surface area contributed by atoms with Crippen LogP contribution in [0.1, 0.15) is 24.6 Å². The van der Waals surface area contributed by atoms with Crippen LogP contribution in [0, 0.1) is 5.82 Å². The Bertz CT molecular complexity index is 1210. The van der Waals surface area contributed by atoms with Crippen LogP contribution in [0.4, 0.5) is 10.4 Å². The standard InChI is InChI=1S/C23H22FN3O3/c1-2-29-22(28)13-27-19-9-7-14(24)11-16(19)17-12-15(8-10-20(17)27)25-23-26-18-5-3-4-6-21(18)30-23/h3-7,9,11,15H,2,8,10,12-13H2,1H3,(H,25,26)/t15-/m0/s1. The molecule has 1 aliphatic carbocycles. The van der Waals surface area contributed by atoms with Crippen LogP contribution >= 0.6 is 0 Å². The molecule has 0 spiro atoms. The fourth-order valence-corrected chi connectivity index (χ4v) is 4.37. The number of fused-ring (bicyclic) bond motifs is 4. The highest BCUT2D eigenvalue weighted by atomic mass is 19.1. The van der Waals surface area contributed by atoms with E-state index in [1.807, 2.05) is 28.8 Å². The minimum absolute atomic E-state index is 0.107. The minimum Gasteiger partial charge on any atom is -0.465 e. The predicted molar refractivity (Wildman–Crippen MR) is 112 cm³/mol. The molecule has 7 heteroatoms. The first kappa shape index (κ1) is 18.7. The molecular formula is C23H22FN3O3. The molecule has 154 valence electrons. The smallest absolute Gasteiger partial charge is 0.325 e. The summed E-state index contributed by atoms with van der Waals surface area (Å²) in [7, 11) is 0. The van der Waals surface area contributed by atoms with E-state index in [1.54, 1.807) is 19.1 Å². The number of nitrogens with zero attached hydrogens (tertiary/aromatic N) is 2. The van der Waals surface area contributed by atoms with Crippen molar-refractivity contribution in [1.82, 2.24) is 9.55 Å². The molecule has 0 fully saturated rings. The Balaban J connectivity index is 1.47. The maximum absolute atomic E-state index is 14.0. The van der Waals surface area contributed by atoms with Crippen molar-refractivity contribution in [2.75, 3.05) is 11.9 Å². The molecule has 0 aliphatic heterocycles. The zero-order chi connectivity index (χ0) is 20.7. The summed E-state index contributed by atoms with van der Waals surface area (Å²) in [6, 6.07) is 13.0. The Labute approximate surface area is 172 Å². The molecule has 1 N–H and O–H groups in total. The van der Waals surface area contributed by atoms with Crippen molar-refractivity contribution in [3.05, 3.63) is 59.5 Å². The van der Waals surface area contributed by atoms with Crippen LogP contribution in [0.3, 0.4) is 0 Å². The Kier molecular flexibility index (Phi) is 4.65. The van der Waals surface area contributed by atoms with Gasteiger partial charge in [-0.25, -0.2) is 4.39 Å². The van der Waals surface area contributed by atoms with E-state index in [2.05, 4.69) is 10.3 Å². The number of rotatable bonds is 5. The number of anilines is 1. The second-order valence-electron chi connectivity index (χ2n) is 7.55. The summed E-state index contributed by atoms with van der Waals surface area (Å²) >= 11 is 0. The number of carbonyl (C=O) groups is 1. The van der Waals surface area contributed by atoms with Crippen molar-refractivity contribution in [2.45, 2.75) is 38.8 Å². The summed E-state index contributed by atoms with van der Waals surface area (Å²) in [5.74, 6) is -0.569. The van der Waals surface area contributed by atoms with Gasteiger partial charge in [-0.2, -0.15) is 4.98 Å². The van der Waals surface area contributed by atoms with E-state index in [4.69, 9.17) is 9.15 Å². The molecular weight excluding hydrogens is 385 g/mol. The number of ether oxygens (including phenoxy) is 1. The first-order chi connectivity index (χ1) is 14.6. The number of aromatic nitrogens is 2. The van der Waals surface area contributed by atoms with E-state index >= 15 is 0 Å². The van der Waals surface area contributed by atoms with E-state index in [-0.39, 0.29) is 24.4 Å². The molecule has 6 nitrogen and oxygen atoms in total. The van der Waals surface area contributed by atoms with Crippen molar-refractivity contribution in [3.63, 3.8) is 0 Å². The normalized spacial score (nSPS) is 16.0. The highest BCUT2D eigenvalue weighted by molar-refractivity contribution is 5.87. The molecule has 0 saturated heterocycles. The third-order valence-electron chi connectivity index (χ3n) is 5.64. The molecule has 1 aliphatic rings. The minimum atomic E-state index is -0.285. The molecule has 2 aromatic carbocycles. The molecule has 4 aromatic rings. The fourth-order valence-electron chi connectivity index (χ4n) is 4.37. The first-order valence-electron chi connectivity index (χ1n) is 10.2. The summed E-state index contributed by atoms with van der Waals surface area (Å²) < 4.78 is 26.9. The maximum Gasteiger partial charge on any atom is 0.325 e. The Hall–Kier alpha value is -3.35. The molecule has 30 heavy (non-hydrogen) atoms. The van der Waals surface area contributed by atoms with E-state index < -0.39 is 0 Å². The molecule has 0 unspecified atom stereocenters. The van der Waals surface area contributed by atoms with Gasteiger partial charge in [0.05, 0.1) is 6.61 Å². The van der Waals surface area contributed by atoms with Gasteiger partial charge >= 0.3 is 5.97 Å². The summed E-state index contributed by atoms with van der Waals surface area (Å²) in [6.07, 6.45) is 2.32. The van der Waals surface area contributed by atoms with Gasteiger partial charge in [-0.05, 0) is 62.1 Å². The van der Waals surface area contributed by atoms with E-state index in [0.29, 0.717) is 19.0 Å². The van der Waals surface area contributed by atoms with Gasteiger partial charge in [-0.1, -0.05) is 12.1 Å². The van der Waals surface area contributed by atoms with Gasteiger partial charge in [0.25, 0.3) is 6.01 Å². The SMILES string of the molecule is CCOC(=O)Cn1c2c(c3cc(F)ccc31)C[C@@H](Nc1nc3ccccc3o1)CC2. The van der Waals surface area contributed by atoms with Crippen molar-refractivity contribution < 1.29 is 18.3 Å². The highest BCUT2D eigenvalue weighted by Gasteiger charge is 2.27. The average molecular weight is 407 g/mol. The number of hydrogen-bond donors (Lipinski definition) is 1. The van der Waals surface area contributed by atoms with Crippen molar-refractivity contribution in [3.8, 4) is 0 Å². The first-order valence-corrected chi connectivity index (χ1v) is 10.2. The predicted octanol–water partition coefficient (Wildman–Crippen LogP) is 4.45. The van der Waals surface area contributed by atoms with Gasteiger partial charge in [-0.15, -0.1) is 0 Å². The van der Waals surface area contributed by atoms with Crippen LogP contribution in [0.15, 0.2) is 46.9 Å². The van der Waals surface area contributed by atoms with Gasteiger partial charge in [0.1, 0.15) is 17.9 Å². The van der Waals surface area contributed by atoms with Gasteiger partial charge in [0.2, 0.25) is 0 Å². The Morgan fingerprint density at radius 3 is 3.03 bits per heavy atom. The van der Waals surface area contributed by atoms with Crippen molar-refractivity contribution >= 4 is 34.0 Å². The third kappa shape index (κ3) is 3.30. The van der Waals surface area contributed by atoms with Crippen LogP contribution in [-0.4, -0.2) is 28.2 Å². The van der Waals surface area contributed by atoms with E-state index in [1.165, 1.54) is 6.07 Å². The molecule has 2 heterocycles. The maximum atomic E-state index is 14.0. The number of esters is 1. The zero-order valence-corrected chi connectivity index (χ0v) is 16.7. The van der Waals surface area contributed by atoms with Crippen LogP contribution in [0.5, 0.6) is 0 Å².